The molecule has 2 aromatic carbocycles. The molecule has 0 aliphatic heterocycles. The highest BCUT2D eigenvalue weighted by Gasteiger charge is 2.08. The fourth-order valence-corrected chi connectivity index (χ4v) is 2.87. The Labute approximate surface area is 139 Å². The van der Waals surface area contributed by atoms with E-state index in [2.05, 4.69) is 22.2 Å². The van der Waals surface area contributed by atoms with Gasteiger partial charge >= 0.3 is 0 Å². The van der Waals surface area contributed by atoms with E-state index in [4.69, 9.17) is 0 Å². The zero-order valence-electron chi connectivity index (χ0n) is 12.9. The van der Waals surface area contributed by atoms with E-state index in [-0.39, 0.29) is 0 Å². The quantitative estimate of drug-likeness (QED) is 0.574. The standard InChI is InChI=1S/C20H14N4/c21-13-15-8-9-16(18-6-2-1-5-17(15)18)14-24-12-10-20(23-24)19-7-3-4-11-22-19/h1-12H,14H2. The van der Waals surface area contributed by atoms with Crippen LogP contribution < -0.4 is 0 Å². The third-order valence-corrected chi connectivity index (χ3v) is 4.04. The fourth-order valence-electron chi connectivity index (χ4n) is 2.87. The Morgan fingerprint density at radius 3 is 2.50 bits per heavy atom. The normalized spacial score (nSPS) is 10.6. The minimum atomic E-state index is 0.652. The van der Waals surface area contributed by atoms with Gasteiger partial charge in [-0.3, -0.25) is 9.67 Å². The van der Waals surface area contributed by atoms with Gasteiger partial charge in [0, 0.05) is 12.4 Å². The summed E-state index contributed by atoms with van der Waals surface area (Å²) >= 11 is 0. The highest BCUT2D eigenvalue weighted by Crippen LogP contribution is 2.23. The van der Waals surface area contributed by atoms with Crippen LogP contribution in [0.4, 0.5) is 0 Å². The van der Waals surface area contributed by atoms with Crippen molar-refractivity contribution in [3.8, 4) is 17.5 Å². The molecule has 0 saturated heterocycles. The van der Waals surface area contributed by atoms with Gasteiger partial charge < -0.3 is 0 Å². The van der Waals surface area contributed by atoms with Crippen LogP contribution in [0, 0.1) is 11.3 Å². The minimum Gasteiger partial charge on any atom is -0.268 e. The van der Waals surface area contributed by atoms with Gasteiger partial charge in [0.15, 0.2) is 0 Å². The molecule has 2 heterocycles. The first-order valence-corrected chi connectivity index (χ1v) is 7.71. The van der Waals surface area contributed by atoms with Gasteiger partial charge in [-0.05, 0) is 40.6 Å². The molecule has 0 N–H and O–H groups in total. The van der Waals surface area contributed by atoms with Crippen molar-refractivity contribution in [1.29, 1.82) is 5.26 Å². The van der Waals surface area contributed by atoms with Crippen molar-refractivity contribution in [1.82, 2.24) is 14.8 Å². The maximum atomic E-state index is 9.27. The summed E-state index contributed by atoms with van der Waals surface area (Å²) in [5.41, 5.74) is 3.55. The Bertz CT molecular complexity index is 1040. The number of nitriles is 1. The van der Waals surface area contributed by atoms with Gasteiger partial charge in [-0.1, -0.05) is 36.4 Å². The number of hydrogen-bond donors (Lipinski definition) is 0. The molecule has 0 amide bonds. The van der Waals surface area contributed by atoms with Gasteiger partial charge in [0.1, 0.15) is 5.69 Å². The lowest BCUT2D eigenvalue weighted by molar-refractivity contribution is 0.692. The highest BCUT2D eigenvalue weighted by molar-refractivity contribution is 5.90. The van der Waals surface area contributed by atoms with E-state index in [1.807, 2.05) is 65.5 Å². The van der Waals surface area contributed by atoms with Crippen LogP contribution in [0.3, 0.4) is 0 Å². The molecular weight excluding hydrogens is 296 g/mol. The van der Waals surface area contributed by atoms with Gasteiger partial charge in [0.05, 0.1) is 23.9 Å². The third kappa shape index (κ3) is 2.53. The zero-order chi connectivity index (χ0) is 16.4. The molecule has 2 aromatic heterocycles. The lowest BCUT2D eigenvalue weighted by atomic mass is 10.0. The van der Waals surface area contributed by atoms with Crippen molar-refractivity contribution in [2.24, 2.45) is 0 Å². The molecule has 24 heavy (non-hydrogen) atoms. The van der Waals surface area contributed by atoms with Crippen LogP contribution in [0.1, 0.15) is 11.1 Å². The van der Waals surface area contributed by atoms with Gasteiger partial charge in [-0.15, -0.1) is 0 Å². The zero-order valence-corrected chi connectivity index (χ0v) is 12.9. The number of benzene rings is 2. The van der Waals surface area contributed by atoms with Crippen molar-refractivity contribution in [3.05, 3.63) is 84.2 Å². The van der Waals surface area contributed by atoms with Crippen molar-refractivity contribution in [2.75, 3.05) is 0 Å². The van der Waals surface area contributed by atoms with E-state index in [0.29, 0.717) is 12.1 Å². The van der Waals surface area contributed by atoms with Crippen molar-refractivity contribution in [2.45, 2.75) is 6.54 Å². The second-order valence-corrected chi connectivity index (χ2v) is 5.54. The first kappa shape index (κ1) is 14.2. The molecule has 114 valence electrons. The first-order chi connectivity index (χ1) is 11.8. The molecular formula is C20H14N4. The van der Waals surface area contributed by atoms with E-state index >= 15 is 0 Å². The van der Waals surface area contributed by atoms with E-state index in [1.165, 1.54) is 0 Å². The lowest BCUT2D eigenvalue weighted by Gasteiger charge is -2.08. The number of hydrogen-bond acceptors (Lipinski definition) is 3. The fraction of sp³-hybridized carbons (Fsp3) is 0.0500. The summed E-state index contributed by atoms with van der Waals surface area (Å²) in [5, 5.41) is 16.0. The molecule has 4 aromatic rings. The third-order valence-electron chi connectivity index (χ3n) is 4.04. The van der Waals surface area contributed by atoms with Crippen LogP contribution in [0.2, 0.25) is 0 Å². The van der Waals surface area contributed by atoms with Gasteiger partial charge in [-0.25, -0.2) is 0 Å². The van der Waals surface area contributed by atoms with E-state index in [1.54, 1.807) is 6.20 Å². The van der Waals surface area contributed by atoms with E-state index in [9.17, 15) is 5.26 Å². The molecule has 4 heteroatoms. The van der Waals surface area contributed by atoms with Crippen molar-refractivity contribution in [3.63, 3.8) is 0 Å². The van der Waals surface area contributed by atoms with Gasteiger partial charge in [-0.2, -0.15) is 10.4 Å². The van der Waals surface area contributed by atoms with E-state index < -0.39 is 0 Å². The topological polar surface area (TPSA) is 54.5 Å². The molecule has 0 aliphatic rings. The smallest absolute Gasteiger partial charge is 0.111 e. The van der Waals surface area contributed by atoms with Gasteiger partial charge in [0.25, 0.3) is 0 Å². The predicted octanol–water partition coefficient (Wildman–Crippen LogP) is 4.02. The average molecular weight is 310 g/mol. The summed E-state index contributed by atoms with van der Waals surface area (Å²) in [7, 11) is 0. The number of nitrogens with zero attached hydrogens (tertiary/aromatic N) is 4. The van der Waals surface area contributed by atoms with Crippen LogP contribution >= 0.6 is 0 Å². The monoisotopic (exact) mass is 310 g/mol. The summed E-state index contributed by atoms with van der Waals surface area (Å²) in [6, 6.07) is 21.9. The SMILES string of the molecule is N#Cc1ccc(Cn2ccc(-c3ccccn3)n2)c2ccccc12. The summed E-state index contributed by atoms with van der Waals surface area (Å²) in [6.07, 6.45) is 3.72. The summed E-state index contributed by atoms with van der Waals surface area (Å²) in [4.78, 5) is 4.33. The maximum Gasteiger partial charge on any atom is 0.111 e. The molecule has 0 radical (unpaired) electrons. The predicted molar refractivity (Wildman–Crippen MR) is 93.2 cm³/mol. The molecule has 4 rings (SSSR count). The molecule has 4 nitrogen and oxygen atoms in total. The second kappa shape index (κ2) is 5.98. The first-order valence-electron chi connectivity index (χ1n) is 7.71. The lowest BCUT2D eigenvalue weighted by Crippen LogP contribution is -2.01. The summed E-state index contributed by atoms with van der Waals surface area (Å²) in [6.45, 7) is 0.652. The number of fused-ring (bicyclic) bond motifs is 1. The van der Waals surface area contributed by atoms with Crippen LogP contribution in [0.5, 0.6) is 0 Å². The summed E-state index contributed by atoms with van der Waals surface area (Å²) in [5.74, 6) is 0. The Morgan fingerprint density at radius 1 is 0.875 bits per heavy atom. The Hall–Kier alpha value is -3.45. The number of pyridine rings is 1. The largest absolute Gasteiger partial charge is 0.268 e. The molecule has 0 unspecified atom stereocenters. The highest BCUT2D eigenvalue weighted by atomic mass is 15.3. The number of aromatic nitrogens is 3. The molecule has 0 bridgehead atoms. The minimum absolute atomic E-state index is 0.652. The molecule has 0 atom stereocenters. The summed E-state index contributed by atoms with van der Waals surface area (Å²) < 4.78 is 1.90. The maximum absolute atomic E-state index is 9.27. The van der Waals surface area contributed by atoms with Crippen molar-refractivity contribution < 1.29 is 0 Å². The second-order valence-electron chi connectivity index (χ2n) is 5.54. The molecule has 0 fully saturated rings. The van der Waals surface area contributed by atoms with Crippen molar-refractivity contribution >= 4 is 10.8 Å². The van der Waals surface area contributed by atoms with Crippen LogP contribution in [-0.2, 0) is 6.54 Å². The Morgan fingerprint density at radius 2 is 1.71 bits per heavy atom. The number of rotatable bonds is 3. The molecule has 0 spiro atoms. The average Bonchev–Trinajstić information content (AvgIpc) is 3.11. The van der Waals surface area contributed by atoms with Crippen LogP contribution in [-0.4, -0.2) is 14.8 Å². The van der Waals surface area contributed by atoms with Crippen LogP contribution in [0.15, 0.2) is 73.1 Å². The van der Waals surface area contributed by atoms with E-state index in [0.717, 1.165) is 27.7 Å². The molecule has 0 aliphatic carbocycles. The van der Waals surface area contributed by atoms with Crippen LogP contribution in [0.25, 0.3) is 22.2 Å². The molecule has 0 saturated carbocycles. The van der Waals surface area contributed by atoms with Gasteiger partial charge in [0.2, 0.25) is 0 Å². The Balaban J connectivity index is 1.71. The Kier molecular flexibility index (Phi) is 3.53.